The van der Waals surface area contributed by atoms with Crippen LogP contribution in [-0.4, -0.2) is 41.9 Å². The molecule has 0 rings (SSSR count). The van der Waals surface area contributed by atoms with Gasteiger partial charge in [0.2, 0.25) is 5.91 Å². The predicted molar refractivity (Wildman–Crippen MR) is 82.7 cm³/mol. The molecule has 0 bridgehead atoms. The van der Waals surface area contributed by atoms with E-state index in [2.05, 4.69) is 10.3 Å². The number of rotatable bonds is 4. The number of halogens is 1. The molecular formula is C11H25IN4O. The Hall–Kier alpha value is -0.530. The van der Waals surface area contributed by atoms with Crippen molar-refractivity contribution in [3.63, 3.8) is 0 Å². The van der Waals surface area contributed by atoms with E-state index in [4.69, 9.17) is 5.73 Å². The number of aliphatic imine (C=N–C) groups is 1. The summed E-state index contributed by atoms with van der Waals surface area (Å²) in [6, 6.07) is 0. The van der Waals surface area contributed by atoms with E-state index in [-0.39, 0.29) is 42.0 Å². The Labute approximate surface area is 121 Å². The van der Waals surface area contributed by atoms with Crippen molar-refractivity contribution >= 4 is 35.8 Å². The van der Waals surface area contributed by atoms with Crippen LogP contribution in [-0.2, 0) is 4.79 Å². The maximum atomic E-state index is 11.5. The number of amides is 1. The fourth-order valence-corrected chi connectivity index (χ4v) is 1.26. The molecule has 0 saturated carbocycles. The molecule has 0 aromatic carbocycles. The normalized spacial score (nSPS) is 11.7. The second-order valence-corrected chi connectivity index (χ2v) is 4.64. The molecule has 0 unspecified atom stereocenters. The average molecular weight is 356 g/mol. The van der Waals surface area contributed by atoms with E-state index in [1.54, 1.807) is 0 Å². The summed E-state index contributed by atoms with van der Waals surface area (Å²) < 4.78 is 0. The van der Waals surface area contributed by atoms with Gasteiger partial charge in [0, 0.05) is 18.6 Å². The van der Waals surface area contributed by atoms with Crippen LogP contribution in [0.4, 0.5) is 0 Å². The first-order chi connectivity index (χ1) is 7.30. The minimum Gasteiger partial charge on any atom is -0.370 e. The molecule has 6 heteroatoms. The lowest BCUT2D eigenvalue weighted by Gasteiger charge is -2.21. The van der Waals surface area contributed by atoms with Crippen molar-refractivity contribution in [1.29, 1.82) is 0 Å². The van der Waals surface area contributed by atoms with Crippen LogP contribution in [0, 0.1) is 0 Å². The standard InChI is InChI=1S/C11H24N4O.HI/c1-6-15(7-2)10(12)13-8-9(16)14-11(3,4)5;/h6-8H2,1-5H3,(H2,12,13)(H,14,16);1H. The molecule has 0 spiro atoms. The molecular weight excluding hydrogens is 331 g/mol. The molecule has 5 nitrogen and oxygen atoms in total. The van der Waals surface area contributed by atoms with Crippen LogP contribution < -0.4 is 11.1 Å². The second-order valence-electron chi connectivity index (χ2n) is 4.64. The number of carbonyl (C=O) groups is 1. The zero-order chi connectivity index (χ0) is 12.8. The van der Waals surface area contributed by atoms with Gasteiger partial charge in [0.25, 0.3) is 0 Å². The Morgan fingerprint density at radius 1 is 1.29 bits per heavy atom. The van der Waals surface area contributed by atoms with E-state index < -0.39 is 0 Å². The number of guanidine groups is 1. The summed E-state index contributed by atoms with van der Waals surface area (Å²) in [7, 11) is 0. The first-order valence-corrected chi connectivity index (χ1v) is 5.66. The van der Waals surface area contributed by atoms with Crippen molar-refractivity contribution in [2.45, 2.75) is 40.2 Å². The summed E-state index contributed by atoms with van der Waals surface area (Å²) >= 11 is 0. The number of hydrogen-bond donors (Lipinski definition) is 2. The lowest BCUT2D eigenvalue weighted by atomic mass is 10.1. The summed E-state index contributed by atoms with van der Waals surface area (Å²) in [6.07, 6.45) is 0. The highest BCUT2D eigenvalue weighted by Crippen LogP contribution is 1.97. The molecule has 0 aliphatic rings. The summed E-state index contributed by atoms with van der Waals surface area (Å²) in [4.78, 5) is 17.4. The number of carbonyl (C=O) groups excluding carboxylic acids is 1. The summed E-state index contributed by atoms with van der Waals surface area (Å²) in [5.74, 6) is 0.316. The maximum Gasteiger partial charge on any atom is 0.242 e. The molecule has 0 fully saturated rings. The fourth-order valence-electron chi connectivity index (χ4n) is 1.26. The van der Waals surface area contributed by atoms with Gasteiger partial charge in [-0.15, -0.1) is 24.0 Å². The van der Waals surface area contributed by atoms with Crippen molar-refractivity contribution in [3.8, 4) is 0 Å². The van der Waals surface area contributed by atoms with Crippen molar-refractivity contribution in [2.24, 2.45) is 10.7 Å². The van der Waals surface area contributed by atoms with E-state index in [1.165, 1.54) is 0 Å². The molecule has 0 aromatic heterocycles. The minimum absolute atomic E-state index is 0. The Bertz CT molecular complexity index is 257. The molecule has 0 saturated heterocycles. The highest BCUT2D eigenvalue weighted by molar-refractivity contribution is 14.0. The highest BCUT2D eigenvalue weighted by Gasteiger charge is 2.13. The number of nitrogens with two attached hydrogens (primary N) is 1. The van der Waals surface area contributed by atoms with E-state index in [0.29, 0.717) is 5.96 Å². The van der Waals surface area contributed by atoms with Crippen LogP contribution in [0.5, 0.6) is 0 Å². The first kappa shape index (κ1) is 18.8. The Balaban J connectivity index is 0. The zero-order valence-corrected chi connectivity index (χ0v) is 13.7. The molecule has 17 heavy (non-hydrogen) atoms. The quantitative estimate of drug-likeness (QED) is 0.451. The maximum absolute atomic E-state index is 11.5. The smallest absolute Gasteiger partial charge is 0.242 e. The van der Waals surface area contributed by atoms with Gasteiger partial charge in [-0.2, -0.15) is 0 Å². The van der Waals surface area contributed by atoms with Crippen molar-refractivity contribution in [2.75, 3.05) is 19.6 Å². The van der Waals surface area contributed by atoms with Crippen LogP contribution in [0.15, 0.2) is 4.99 Å². The lowest BCUT2D eigenvalue weighted by molar-refractivity contribution is -0.121. The minimum atomic E-state index is -0.226. The molecule has 0 heterocycles. The summed E-state index contributed by atoms with van der Waals surface area (Å²) in [6.45, 7) is 11.5. The van der Waals surface area contributed by atoms with Crippen LogP contribution in [0.25, 0.3) is 0 Å². The van der Waals surface area contributed by atoms with Gasteiger partial charge in [-0.25, -0.2) is 4.99 Å². The largest absolute Gasteiger partial charge is 0.370 e. The Morgan fingerprint density at radius 3 is 2.12 bits per heavy atom. The van der Waals surface area contributed by atoms with E-state index in [0.717, 1.165) is 13.1 Å². The topological polar surface area (TPSA) is 70.7 Å². The molecule has 0 aliphatic heterocycles. The molecule has 0 aromatic rings. The SMILES string of the molecule is CCN(CC)C(N)=NCC(=O)NC(C)(C)C.I. The third-order valence-corrected chi connectivity index (χ3v) is 1.99. The number of nitrogens with one attached hydrogen (secondary N) is 1. The first-order valence-electron chi connectivity index (χ1n) is 5.66. The van der Waals surface area contributed by atoms with Crippen LogP contribution in [0.3, 0.4) is 0 Å². The molecule has 0 radical (unpaired) electrons. The Kier molecular flexibility index (Phi) is 9.46. The van der Waals surface area contributed by atoms with Gasteiger partial charge in [-0.3, -0.25) is 4.79 Å². The van der Waals surface area contributed by atoms with Crippen LogP contribution >= 0.6 is 24.0 Å². The van der Waals surface area contributed by atoms with Crippen molar-refractivity contribution < 1.29 is 4.79 Å². The van der Waals surface area contributed by atoms with Gasteiger partial charge in [-0.1, -0.05) is 0 Å². The zero-order valence-electron chi connectivity index (χ0n) is 11.4. The van der Waals surface area contributed by atoms with Gasteiger partial charge < -0.3 is 16.0 Å². The van der Waals surface area contributed by atoms with E-state index >= 15 is 0 Å². The van der Waals surface area contributed by atoms with Crippen molar-refractivity contribution in [3.05, 3.63) is 0 Å². The second kappa shape index (κ2) is 8.54. The van der Waals surface area contributed by atoms with Crippen molar-refractivity contribution in [1.82, 2.24) is 10.2 Å². The third kappa shape index (κ3) is 9.20. The number of hydrogen-bond acceptors (Lipinski definition) is 2. The molecule has 102 valence electrons. The van der Waals surface area contributed by atoms with E-state index in [1.807, 2.05) is 39.5 Å². The monoisotopic (exact) mass is 356 g/mol. The van der Waals surface area contributed by atoms with Gasteiger partial charge in [0.05, 0.1) is 0 Å². The van der Waals surface area contributed by atoms with Gasteiger partial charge >= 0.3 is 0 Å². The molecule has 0 aliphatic carbocycles. The molecule has 1 amide bonds. The third-order valence-electron chi connectivity index (χ3n) is 1.99. The summed E-state index contributed by atoms with van der Waals surface area (Å²) in [5, 5.41) is 2.83. The fraction of sp³-hybridized carbons (Fsp3) is 0.818. The van der Waals surface area contributed by atoms with Gasteiger partial charge in [-0.05, 0) is 34.6 Å². The molecule has 0 atom stereocenters. The van der Waals surface area contributed by atoms with Crippen LogP contribution in [0.2, 0.25) is 0 Å². The lowest BCUT2D eigenvalue weighted by Crippen LogP contribution is -2.43. The molecule has 3 N–H and O–H groups in total. The predicted octanol–water partition coefficient (Wildman–Crippen LogP) is 1.18. The van der Waals surface area contributed by atoms with Crippen LogP contribution in [0.1, 0.15) is 34.6 Å². The van der Waals surface area contributed by atoms with Gasteiger partial charge in [0.1, 0.15) is 6.54 Å². The van der Waals surface area contributed by atoms with E-state index in [9.17, 15) is 4.79 Å². The number of nitrogens with zero attached hydrogens (tertiary/aromatic N) is 2. The average Bonchev–Trinajstić information content (AvgIpc) is 2.14. The summed E-state index contributed by atoms with van der Waals surface area (Å²) in [5.41, 5.74) is 5.52. The van der Waals surface area contributed by atoms with Gasteiger partial charge in [0.15, 0.2) is 5.96 Å². The highest BCUT2D eigenvalue weighted by atomic mass is 127. The Morgan fingerprint density at radius 2 is 1.76 bits per heavy atom.